The van der Waals surface area contributed by atoms with E-state index in [-0.39, 0.29) is 13.1 Å². The summed E-state index contributed by atoms with van der Waals surface area (Å²) in [4.78, 5) is 21.9. The molecular formula is C13H15F3N2O3. The smallest absolute Gasteiger partial charge is 0.403 e. The van der Waals surface area contributed by atoms with Crippen LogP contribution in [0.5, 0.6) is 0 Å². The van der Waals surface area contributed by atoms with Crippen molar-refractivity contribution in [2.24, 2.45) is 5.92 Å². The fraction of sp³-hybridized carbons (Fsp3) is 0.385. The zero-order valence-electron chi connectivity index (χ0n) is 11.0. The van der Waals surface area contributed by atoms with Crippen LogP contribution in [0.4, 0.5) is 13.2 Å². The predicted octanol–water partition coefficient (Wildman–Crippen LogP) is 1.16. The lowest BCUT2D eigenvalue weighted by molar-refractivity contribution is -0.192. The zero-order valence-corrected chi connectivity index (χ0v) is 11.0. The molecule has 0 radical (unpaired) electrons. The van der Waals surface area contributed by atoms with E-state index < -0.39 is 30.5 Å². The summed E-state index contributed by atoms with van der Waals surface area (Å²) in [7, 11) is 0. The molecule has 0 aromatic heterocycles. The molecule has 1 atom stereocenters. The number of alkyl halides is 3. The average Bonchev–Trinajstić information content (AvgIpc) is 2.40. The topological polar surface area (TPSA) is 78.4 Å². The van der Waals surface area contributed by atoms with Crippen molar-refractivity contribution in [3.05, 3.63) is 35.9 Å². The number of carbonyl (C=O) groups excluding carboxylic acids is 1. The number of benzene rings is 1. The zero-order chi connectivity index (χ0) is 15.9. The van der Waals surface area contributed by atoms with Crippen LogP contribution in [0, 0.1) is 5.92 Å². The van der Waals surface area contributed by atoms with Crippen molar-refractivity contribution < 1.29 is 27.9 Å². The summed E-state index contributed by atoms with van der Waals surface area (Å²) in [6.07, 6.45) is -4.85. The summed E-state index contributed by atoms with van der Waals surface area (Å²) in [6, 6.07) is 8.98. The third-order valence-electron chi connectivity index (χ3n) is 2.66. The maximum absolute atomic E-state index is 12.3. The molecule has 0 saturated carbocycles. The van der Waals surface area contributed by atoms with Crippen molar-refractivity contribution in [2.75, 3.05) is 13.1 Å². The van der Waals surface area contributed by atoms with Crippen molar-refractivity contribution in [2.45, 2.75) is 12.7 Å². The minimum atomic E-state index is -4.85. The molecule has 3 N–H and O–H groups in total. The van der Waals surface area contributed by atoms with Gasteiger partial charge in [0.25, 0.3) is 0 Å². The van der Waals surface area contributed by atoms with Crippen molar-refractivity contribution >= 4 is 11.9 Å². The van der Waals surface area contributed by atoms with Crippen molar-refractivity contribution in [3.8, 4) is 0 Å². The highest BCUT2D eigenvalue weighted by Crippen LogP contribution is 2.25. The Kier molecular flexibility index (Phi) is 6.16. The molecule has 0 aliphatic rings. The molecule has 1 unspecified atom stereocenters. The van der Waals surface area contributed by atoms with Gasteiger partial charge in [-0.15, -0.1) is 0 Å². The number of carbonyl (C=O) groups is 2. The monoisotopic (exact) mass is 304 g/mol. The van der Waals surface area contributed by atoms with Crippen LogP contribution >= 0.6 is 0 Å². The average molecular weight is 304 g/mol. The highest BCUT2D eigenvalue weighted by atomic mass is 19.4. The normalized spacial score (nSPS) is 12.7. The molecule has 1 aromatic carbocycles. The van der Waals surface area contributed by atoms with E-state index in [1.165, 1.54) is 0 Å². The number of amides is 1. The molecular weight excluding hydrogens is 289 g/mol. The number of nitrogens with one attached hydrogen (secondary N) is 2. The van der Waals surface area contributed by atoms with Gasteiger partial charge >= 0.3 is 12.1 Å². The molecule has 0 aliphatic heterocycles. The van der Waals surface area contributed by atoms with Gasteiger partial charge in [-0.1, -0.05) is 30.3 Å². The van der Waals surface area contributed by atoms with Gasteiger partial charge in [0.15, 0.2) is 5.92 Å². The molecule has 1 aromatic rings. The van der Waals surface area contributed by atoms with Gasteiger partial charge in [0, 0.05) is 13.1 Å². The van der Waals surface area contributed by atoms with Crippen LogP contribution < -0.4 is 10.6 Å². The second-order valence-corrected chi connectivity index (χ2v) is 4.33. The molecule has 0 saturated heterocycles. The number of halogens is 3. The van der Waals surface area contributed by atoms with E-state index in [0.717, 1.165) is 5.56 Å². The van der Waals surface area contributed by atoms with Crippen LogP contribution in [0.3, 0.4) is 0 Å². The number of carboxylic acids is 1. The number of hydrogen-bond donors (Lipinski definition) is 3. The molecule has 0 fully saturated rings. The Labute approximate surface area is 119 Å². The second kappa shape index (κ2) is 7.63. The van der Waals surface area contributed by atoms with E-state index in [1.807, 2.05) is 6.07 Å². The van der Waals surface area contributed by atoms with E-state index in [1.54, 1.807) is 24.3 Å². The highest BCUT2D eigenvalue weighted by Gasteiger charge is 2.44. The number of carboxylic acid groups (broad SMARTS) is 1. The minimum absolute atomic E-state index is 0.253. The second-order valence-electron chi connectivity index (χ2n) is 4.33. The SMILES string of the molecule is O=C(CNCC(C(=O)O)C(F)(F)F)NCc1ccccc1. The first-order valence-corrected chi connectivity index (χ1v) is 6.11. The lowest BCUT2D eigenvalue weighted by Gasteiger charge is -2.16. The molecule has 0 spiro atoms. The van der Waals surface area contributed by atoms with Gasteiger partial charge in [0.05, 0.1) is 6.54 Å². The molecule has 0 bridgehead atoms. The van der Waals surface area contributed by atoms with Gasteiger partial charge in [-0.3, -0.25) is 9.59 Å². The molecule has 0 heterocycles. The molecule has 21 heavy (non-hydrogen) atoms. The Morgan fingerprint density at radius 2 is 1.81 bits per heavy atom. The molecule has 8 heteroatoms. The standard InChI is InChI=1S/C13H15F3N2O3/c14-13(15,16)10(12(20)21)7-17-8-11(19)18-6-9-4-2-1-3-5-9/h1-5,10,17H,6-8H2,(H,18,19)(H,20,21). The van der Waals surface area contributed by atoms with E-state index in [9.17, 15) is 22.8 Å². The van der Waals surface area contributed by atoms with Crippen LogP contribution in [0.15, 0.2) is 30.3 Å². The molecule has 1 rings (SSSR count). The highest BCUT2D eigenvalue weighted by molar-refractivity contribution is 5.78. The summed E-state index contributed by atoms with van der Waals surface area (Å²) in [5.74, 6) is -5.01. The maximum atomic E-state index is 12.3. The van der Waals surface area contributed by atoms with Crippen LogP contribution in [0.1, 0.15) is 5.56 Å². The van der Waals surface area contributed by atoms with E-state index in [4.69, 9.17) is 5.11 Å². The lowest BCUT2D eigenvalue weighted by atomic mass is 10.1. The number of hydrogen-bond acceptors (Lipinski definition) is 3. The Morgan fingerprint density at radius 3 is 2.33 bits per heavy atom. The van der Waals surface area contributed by atoms with Crippen LogP contribution in [-0.2, 0) is 16.1 Å². The van der Waals surface area contributed by atoms with E-state index in [2.05, 4.69) is 10.6 Å². The van der Waals surface area contributed by atoms with Gasteiger partial charge in [-0.25, -0.2) is 0 Å². The third-order valence-corrected chi connectivity index (χ3v) is 2.66. The first kappa shape index (κ1) is 17.0. The molecule has 116 valence electrons. The Bertz CT molecular complexity index is 477. The van der Waals surface area contributed by atoms with Crippen molar-refractivity contribution in [1.29, 1.82) is 0 Å². The fourth-order valence-corrected chi connectivity index (χ4v) is 1.53. The summed E-state index contributed by atoms with van der Waals surface area (Å²) < 4.78 is 37.0. The van der Waals surface area contributed by atoms with E-state index >= 15 is 0 Å². The van der Waals surface area contributed by atoms with Crippen LogP contribution in [0.2, 0.25) is 0 Å². The predicted molar refractivity (Wildman–Crippen MR) is 68.3 cm³/mol. The molecule has 1 amide bonds. The van der Waals surface area contributed by atoms with Gasteiger partial charge < -0.3 is 15.7 Å². The quantitative estimate of drug-likeness (QED) is 0.706. The summed E-state index contributed by atoms with van der Waals surface area (Å²) in [5, 5.41) is 13.2. The van der Waals surface area contributed by atoms with Gasteiger partial charge in [-0.05, 0) is 5.56 Å². The molecule has 5 nitrogen and oxygen atoms in total. The number of aliphatic carboxylic acids is 1. The van der Waals surface area contributed by atoms with Crippen molar-refractivity contribution in [3.63, 3.8) is 0 Å². The number of rotatable bonds is 7. The largest absolute Gasteiger partial charge is 0.481 e. The van der Waals surface area contributed by atoms with Gasteiger partial charge in [0.2, 0.25) is 5.91 Å². The van der Waals surface area contributed by atoms with E-state index in [0.29, 0.717) is 0 Å². The molecule has 0 aliphatic carbocycles. The fourth-order valence-electron chi connectivity index (χ4n) is 1.53. The van der Waals surface area contributed by atoms with Crippen LogP contribution in [-0.4, -0.2) is 36.2 Å². The Morgan fingerprint density at radius 1 is 1.19 bits per heavy atom. The summed E-state index contributed by atoms with van der Waals surface area (Å²) >= 11 is 0. The first-order valence-electron chi connectivity index (χ1n) is 6.11. The Balaban J connectivity index is 2.31. The van der Waals surface area contributed by atoms with Crippen molar-refractivity contribution in [1.82, 2.24) is 10.6 Å². The van der Waals surface area contributed by atoms with Gasteiger partial charge in [-0.2, -0.15) is 13.2 Å². The summed E-state index contributed by atoms with van der Waals surface area (Å²) in [6.45, 7) is -0.979. The third kappa shape index (κ3) is 6.26. The van der Waals surface area contributed by atoms with Gasteiger partial charge in [0.1, 0.15) is 0 Å². The maximum Gasteiger partial charge on any atom is 0.403 e. The summed E-state index contributed by atoms with van der Waals surface area (Å²) in [5.41, 5.74) is 0.851. The van der Waals surface area contributed by atoms with Crippen LogP contribution in [0.25, 0.3) is 0 Å². The first-order chi connectivity index (χ1) is 9.80. The minimum Gasteiger partial charge on any atom is -0.481 e. The lowest BCUT2D eigenvalue weighted by Crippen LogP contribution is -2.42. The Hall–Kier alpha value is -2.09.